The van der Waals surface area contributed by atoms with Crippen LogP contribution in [0.15, 0.2) is 72.8 Å². The lowest BCUT2D eigenvalue weighted by atomic mass is 9.48. The molecule has 54 heavy (non-hydrogen) atoms. The lowest BCUT2D eigenvalue weighted by molar-refractivity contribution is -0.274. The maximum atomic E-state index is 14.3. The molecule has 1 spiro atoms. The molecule has 1 amide bonds. The van der Waals surface area contributed by atoms with Gasteiger partial charge >= 0.3 is 18.3 Å². The van der Waals surface area contributed by atoms with Crippen molar-refractivity contribution in [3.63, 3.8) is 0 Å². The van der Waals surface area contributed by atoms with E-state index in [1.165, 1.54) is 49.8 Å². The van der Waals surface area contributed by atoms with Gasteiger partial charge in [0.25, 0.3) is 0 Å². The maximum absolute atomic E-state index is 14.3. The number of benzene rings is 3. The number of carbonyl (C=O) groups excluding carboxylic acids is 3. The molecule has 0 unspecified atom stereocenters. The van der Waals surface area contributed by atoms with Gasteiger partial charge in [-0.25, -0.2) is 0 Å². The maximum Gasteiger partial charge on any atom is 0.573 e. The van der Waals surface area contributed by atoms with E-state index in [9.17, 15) is 27.6 Å². The topological polar surface area (TPSA) is 94.6 Å². The number of ether oxygens (including phenoxy) is 4. The first kappa shape index (κ1) is 37.5. The van der Waals surface area contributed by atoms with Crippen LogP contribution in [0.1, 0.15) is 69.2 Å². The Morgan fingerprint density at radius 3 is 2.50 bits per heavy atom. The van der Waals surface area contributed by atoms with Crippen molar-refractivity contribution in [2.24, 2.45) is 5.92 Å². The molecule has 1 saturated heterocycles. The fourth-order valence-corrected chi connectivity index (χ4v) is 9.63. The summed E-state index contributed by atoms with van der Waals surface area (Å²) >= 11 is 0. The average Bonchev–Trinajstić information content (AvgIpc) is 3.45. The largest absolute Gasteiger partial charge is 0.573 e. The fourth-order valence-electron chi connectivity index (χ4n) is 9.63. The molecule has 12 heteroatoms. The first-order valence-electron chi connectivity index (χ1n) is 18.5. The number of halogens is 3. The van der Waals surface area contributed by atoms with Crippen LogP contribution < -0.4 is 14.2 Å². The van der Waals surface area contributed by atoms with E-state index in [1.54, 1.807) is 17.0 Å². The second-order valence-electron chi connectivity index (χ2n) is 15.2. The van der Waals surface area contributed by atoms with Gasteiger partial charge in [0.15, 0.2) is 11.5 Å². The molecule has 3 aromatic rings. The number of likely N-dealkylation sites (tertiary alicyclic amines) is 1. The Bertz CT molecular complexity index is 1950. The van der Waals surface area contributed by atoms with Crippen molar-refractivity contribution in [1.29, 1.82) is 0 Å². The number of hydrogen-bond acceptors (Lipinski definition) is 8. The van der Waals surface area contributed by atoms with Crippen LogP contribution in [0.3, 0.4) is 0 Å². The molecule has 2 fully saturated rings. The highest BCUT2D eigenvalue weighted by Gasteiger charge is 2.75. The van der Waals surface area contributed by atoms with Crippen LogP contribution in [0.25, 0.3) is 6.08 Å². The van der Waals surface area contributed by atoms with Crippen molar-refractivity contribution < 1.29 is 46.5 Å². The van der Waals surface area contributed by atoms with Crippen LogP contribution in [0.5, 0.6) is 17.2 Å². The van der Waals surface area contributed by atoms with Gasteiger partial charge in [-0.1, -0.05) is 62.4 Å². The van der Waals surface area contributed by atoms with Gasteiger partial charge in [0.05, 0.1) is 17.5 Å². The number of carbonyl (C=O) groups is 3. The molecule has 2 aliphatic carbocycles. The van der Waals surface area contributed by atoms with E-state index in [0.717, 1.165) is 24.1 Å². The minimum atomic E-state index is -4.85. The fraction of sp³-hybridized carbons (Fsp3) is 0.452. The summed E-state index contributed by atoms with van der Waals surface area (Å²) in [7, 11) is 0. The smallest absolute Gasteiger partial charge is 0.483 e. The summed E-state index contributed by atoms with van der Waals surface area (Å²) in [4.78, 5) is 44.1. The summed E-state index contributed by atoms with van der Waals surface area (Å²) in [6, 6.07) is 18.8. The van der Waals surface area contributed by atoms with E-state index >= 15 is 0 Å². The molecular formula is C42H45F3N2O7. The first-order chi connectivity index (χ1) is 25.7. The molecular weight excluding hydrogens is 701 g/mol. The van der Waals surface area contributed by atoms with Gasteiger partial charge in [-0.15, -0.1) is 13.2 Å². The molecule has 2 bridgehead atoms. The average molecular weight is 747 g/mol. The van der Waals surface area contributed by atoms with Crippen LogP contribution >= 0.6 is 0 Å². The lowest BCUT2D eigenvalue weighted by Crippen LogP contribution is -2.79. The van der Waals surface area contributed by atoms with Crippen LogP contribution in [0.2, 0.25) is 0 Å². The quantitative estimate of drug-likeness (QED) is 0.117. The summed E-state index contributed by atoms with van der Waals surface area (Å²) in [5, 5.41) is 0. The van der Waals surface area contributed by atoms with Gasteiger partial charge < -0.3 is 23.8 Å². The van der Waals surface area contributed by atoms with Crippen molar-refractivity contribution in [1.82, 2.24) is 9.80 Å². The third-order valence-electron chi connectivity index (χ3n) is 11.4. The van der Waals surface area contributed by atoms with E-state index < -0.39 is 41.5 Å². The van der Waals surface area contributed by atoms with Gasteiger partial charge in [-0.3, -0.25) is 19.3 Å². The Labute approximate surface area is 313 Å². The Morgan fingerprint density at radius 1 is 1.02 bits per heavy atom. The molecule has 7 rings (SSSR count). The highest BCUT2D eigenvalue weighted by Crippen LogP contribution is 2.67. The highest BCUT2D eigenvalue weighted by molar-refractivity contribution is 5.92. The standard InChI is InChI=1S/C42H45F3N2O7/c1-26(2)25-47(36(50)16-13-30-11-8-12-32(23-30)54-42(43,44)45)33-17-19-41(53-28(4)49)35-24-31-14-15-34(51-27(3)48)38-37(31)40(41,39(33)52-38)20-22-46(35)21-18-29-9-6-5-7-10-29/h5-16,23,26,33,35,39H,17-22,24-25H2,1-4H3/t33-,35+,39-,40-,41+/m0/s1. The predicted octanol–water partition coefficient (Wildman–Crippen LogP) is 7.04. The zero-order valence-corrected chi connectivity index (χ0v) is 30.9. The van der Waals surface area contributed by atoms with Crippen LogP contribution in [-0.2, 0) is 37.4 Å². The van der Waals surface area contributed by atoms with Crippen molar-refractivity contribution in [3.05, 3.63) is 95.1 Å². The molecule has 2 aliphatic heterocycles. The molecule has 2 heterocycles. The Hall–Kier alpha value is -4.84. The summed E-state index contributed by atoms with van der Waals surface area (Å²) in [5.74, 6) is -0.833. The molecule has 0 N–H and O–H groups in total. The minimum Gasteiger partial charge on any atom is -0.483 e. The highest BCUT2D eigenvalue weighted by atomic mass is 19.4. The van der Waals surface area contributed by atoms with Gasteiger partial charge in [0.1, 0.15) is 17.5 Å². The van der Waals surface area contributed by atoms with Crippen LogP contribution in [-0.4, -0.2) is 77.4 Å². The normalized spacial score (nSPS) is 25.5. The van der Waals surface area contributed by atoms with Crippen molar-refractivity contribution in [3.8, 4) is 17.2 Å². The Morgan fingerprint density at radius 2 is 1.80 bits per heavy atom. The van der Waals surface area contributed by atoms with Crippen molar-refractivity contribution >= 4 is 23.9 Å². The second-order valence-corrected chi connectivity index (χ2v) is 15.2. The van der Waals surface area contributed by atoms with Crippen molar-refractivity contribution in [2.45, 2.75) is 95.4 Å². The summed E-state index contributed by atoms with van der Waals surface area (Å²) in [5.41, 5.74) is 1.63. The third kappa shape index (κ3) is 6.85. The van der Waals surface area contributed by atoms with Crippen LogP contribution in [0.4, 0.5) is 13.2 Å². The Kier molecular flexibility index (Phi) is 10.0. The minimum absolute atomic E-state index is 0.0541. The summed E-state index contributed by atoms with van der Waals surface area (Å²) in [6.45, 7) is 8.61. The second kappa shape index (κ2) is 14.4. The van der Waals surface area contributed by atoms with Crippen molar-refractivity contribution in [2.75, 3.05) is 19.6 Å². The van der Waals surface area contributed by atoms with Gasteiger partial charge in [0.2, 0.25) is 5.91 Å². The molecule has 1 saturated carbocycles. The zero-order chi connectivity index (χ0) is 38.4. The molecule has 0 radical (unpaired) electrons. The van der Waals surface area contributed by atoms with E-state index in [4.69, 9.17) is 14.2 Å². The molecule has 286 valence electrons. The lowest BCUT2D eigenvalue weighted by Gasteiger charge is -2.65. The number of amides is 1. The Balaban J connectivity index is 1.29. The number of alkyl halides is 3. The molecule has 4 aliphatic rings. The van der Waals surface area contributed by atoms with Gasteiger partial charge in [-0.05, 0) is 85.5 Å². The van der Waals surface area contributed by atoms with E-state index in [-0.39, 0.29) is 29.4 Å². The molecule has 3 aromatic carbocycles. The van der Waals surface area contributed by atoms with Gasteiger partial charge in [0, 0.05) is 38.6 Å². The zero-order valence-electron chi connectivity index (χ0n) is 30.9. The van der Waals surface area contributed by atoms with E-state index in [0.29, 0.717) is 50.1 Å². The number of hydrogen-bond donors (Lipinski definition) is 0. The summed E-state index contributed by atoms with van der Waals surface area (Å²) in [6.07, 6.45) is 0.247. The molecule has 9 nitrogen and oxygen atoms in total. The molecule has 0 aromatic heterocycles. The predicted molar refractivity (Wildman–Crippen MR) is 194 cm³/mol. The number of esters is 2. The summed E-state index contributed by atoms with van der Waals surface area (Å²) < 4.78 is 62.2. The van der Waals surface area contributed by atoms with Crippen LogP contribution in [0, 0.1) is 5.92 Å². The molecule has 5 atom stereocenters. The van der Waals surface area contributed by atoms with E-state index in [2.05, 4.69) is 21.8 Å². The third-order valence-corrected chi connectivity index (χ3v) is 11.4. The number of nitrogens with zero attached hydrogens (tertiary/aromatic N) is 2. The number of rotatable bonds is 11. The van der Waals surface area contributed by atoms with E-state index in [1.807, 2.05) is 38.1 Å². The first-order valence-corrected chi connectivity index (χ1v) is 18.5. The van der Waals surface area contributed by atoms with Gasteiger partial charge in [-0.2, -0.15) is 0 Å². The SMILES string of the molecule is CC(=O)Oc1ccc2c3c1O[C@H]1[C@@H](N(CC(C)C)C(=O)C=Cc4cccc(OC(F)(F)F)c4)CC[C@@]4(OC(C)=O)[C@@H](C2)N(CCc2ccccc2)CC[C@]314. The monoisotopic (exact) mass is 746 g/mol. The number of piperidine rings is 1.